The Labute approximate surface area is 175 Å². The van der Waals surface area contributed by atoms with Crippen molar-refractivity contribution >= 4 is 17.1 Å². The quantitative estimate of drug-likeness (QED) is 0.522. The van der Waals surface area contributed by atoms with Crippen LogP contribution in [0.2, 0.25) is 0 Å². The zero-order valence-corrected chi connectivity index (χ0v) is 16.9. The summed E-state index contributed by atoms with van der Waals surface area (Å²) in [5.41, 5.74) is -0.323. The van der Waals surface area contributed by atoms with E-state index < -0.39 is 37.6 Å². The van der Waals surface area contributed by atoms with Gasteiger partial charge >= 0.3 is 11.4 Å². The number of fused-ring (bicyclic) bond motifs is 1. The van der Waals surface area contributed by atoms with E-state index >= 15 is 0 Å². The molecule has 0 fully saturated rings. The minimum Gasteiger partial charge on any atom is -0.497 e. The Morgan fingerprint density at radius 3 is 1.90 bits per heavy atom. The Morgan fingerprint density at radius 1 is 0.935 bits per heavy atom. The van der Waals surface area contributed by atoms with Crippen LogP contribution < -0.4 is 14.8 Å². The van der Waals surface area contributed by atoms with E-state index in [0.29, 0.717) is 18.2 Å². The van der Waals surface area contributed by atoms with Crippen LogP contribution in [0.3, 0.4) is 0 Å². The minimum atomic E-state index is -1.21. The van der Waals surface area contributed by atoms with Crippen molar-refractivity contribution in [2.45, 2.75) is 19.4 Å². The van der Waals surface area contributed by atoms with Crippen LogP contribution in [0.1, 0.15) is 24.1 Å². The number of phenols is 1. The van der Waals surface area contributed by atoms with Gasteiger partial charge in [-0.3, -0.25) is 30.3 Å². The van der Waals surface area contributed by atoms with Gasteiger partial charge in [-0.15, -0.1) is 0 Å². The van der Waals surface area contributed by atoms with Crippen molar-refractivity contribution in [3.63, 3.8) is 0 Å². The molecule has 31 heavy (non-hydrogen) atoms. The van der Waals surface area contributed by atoms with Crippen molar-refractivity contribution in [2.24, 2.45) is 0 Å². The van der Waals surface area contributed by atoms with Gasteiger partial charge in [0, 0.05) is 6.04 Å². The maximum absolute atomic E-state index is 10.4. The lowest BCUT2D eigenvalue weighted by Crippen LogP contribution is -2.27. The van der Waals surface area contributed by atoms with Crippen LogP contribution in [0.25, 0.3) is 0 Å². The maximum Gasteiger partial charge on any atom is 0.324 e. The third-order valence-electron chi connectivity index (χ3n) is 4.62. The molecule has 1 aliphatic heterocycles. The molecule has 0 unspecified atom stereocenters. The molecule has 0 aromatic heterocycles. The average Bonchev–Trinajstić information content (AvgIpc) is 2.73. The van der Waals surface area contributed by atoms with Crippen LogP contribution in [-0.2, 0) is 6.42 Å². The second-order valence-electron chi connectivity index (χ2n) is 6.44. The van der Waals surface area contributed by atoms with Crippen molar-refractivity contribution in [3.8, 4) is 17.2 Å². The smallest absolute Gasteiger partial charge is 0.324 e. The molecule has 0 radical (unpaired) electrons. The number of nitrogens with one attached hydrogen (secondary N) is 1. The highest BCUT2D eigenvalue weighted by molar-refractivity contribution is 5.64. The average molecular weight is 436 g/mol. The van der Waals surface area contributed by atoms with Crippen molar-refractivity contribution in [1.29, 1.82) is 0 Å². The molecule has 166 valence electrons. The number of non-ortho nitro benzene ring substituents is 1. The predicted octanol–water partition coefficient (Wildman–Crippen LogP) is 3.03. The van der Waals surface area contributed by atoms with Gasteiger partial charge in [0.1, 0.15) is 0 Å². The van der Waals surface area contributed by atoms with Crippen molar-refractivity contribution in [2.75, 3.05) is 20.8 Å². The molecule has 0 saturated carbocycles. The molecule has 13 nitrogen and oxygen atoms in total. The number of hydrogen-bond donors (Lipinski definition) is 2. The summed E-state index contributed by atoms with van der Waals surface area (Å²) in [7, 11) is 3.35. The first-order valence-electron chi connectivity index (χ1n) is 8.89. The van der Waals surface area contributed by atoms with Crippen LogP contribution in [0.5, 0.6) is 17.2 Å². The Hall–Kier alpha value is -4.00. The molecule has 0 amide bonds. The van der Waals surface area contributed by atoms with Crippen LogP contribution in [0, 0.1) is 30.3 Å². The fourth-order valence-electron chi connectivity index (χ4n) is 3.06. The lowest BCUT2D eigenvalue weighted by Gasteiger charge is -2.25. The molecule has 1 atom stereocenters. The van der Waals surface area contributed by atoms with Gasteiger partial charge in [-0.2, -0.15) is 0 Å². The Kier molecular flexibility index (Phi) is 7.26. The van der Waals surface area contributed by atoms with Crippen LogP contribution in [0.4, 0.5) is 17.1 Å². The monoisotopic (exact) mass is 436 g/mol. The summed E-state index contributed by atoms with van der Waals surface area (Å²) in [5.74, 6) is 0.428. The van der Waals surface area contributed by atoms with Crippen LogP contribution in [0.15, 0.2) is 24.3 Å². The molecule has 3 rings (SSSR count). The van der Waals surface area contributed by atoms with Gasteiger partial charge in [-0.1, -0.05) is 0 Å². The Bertz CT molecular complexity index is 990. The topological polar surface area (TPSA) is 180 Å². The first-order valence-corrected chi connectivity index (χ1v) is 8.89. The van der Waals surface area contributed by atoms with E-state index in [-0.39, 0.29) is 0 Å². The third-order valence-corrected chi connectivity index (χ3v) is 4.62. The van der Waals surface area contributed by atoms with Crippen LogP contribution in [-0.4, -0.2) is 40.6 Å². The molecule has 2 aromatic rings. The number of phenolic OH excluding ortho intramolecular Hbond substituents is 1. The summed E-state index contributed by atoms with van der Waals surface area (Å²) >= 11 is 0. The van der Waals surface area contributed by atoms with Gasteiger partial charge in [0.15, 0.2) is 11.5 Å². The SMILES string of the molecule is COc1cc2c(cc1OC)[C@@H](C)NCC2.O=[N+]([O-])c1cc([N+](=O)[O-])c(O)c([N+](=O)[O-])c1. The van der Waals surface area contributed by atoms with E-state index in [1.54, 1.807) is 14.2 Å². The molecule has 1 heterocycles. The van der Waals surface area contributed by atoms with E-state index in [9.17, 15) is 30.3 Å². The number of methoxy groups -OCH3 is 2. The zero-order valence-electron chi connectivity index (χ0n) is 16.9. The van der Waals surface area contributed by atoms with Gasteiger partial charge in [-0.25, -0.2) is 0 Å². The highest BCUT2D eigenvalue weighted by Crippen LogP contribution is 2.39. The lowest BCUT2D eigenvalue weighted by molar-refractivity contribution is -0.404. The second kappa shape index (κ2) is 9.67. The van der Waals surface area contributed by atoms with E-state index in [1.807, 2.05) is 0 Å². The molecule has 1 aliphatic rings. The third kappa shape index (κ3) is 5.14. The summed E-state index contributed by atoms with van der Waals surface area (Å²) < 4.78 is 10.6. The van der Waals surface area contributed by atoms with Crippen molar-refractivity contribution < 1.29 is 29.4 Å². The standard InChI is InChI=1S/C12H17NO2.C6H3N3O7/c1-8-10-7-12(15-3)11(14-2)6-9(10)4-5-13-8;10-6-4(8(13)14)1-3(7(11)12)2-5(6)9(15)16/h6-8,13H,4-5H2,1-3H3;1-2,10H/t8-;/m1./s1. The number of ether oxygens (including phenoxy) is 2. The lowest BCUT2D eigenvalue weighted by atomic mass is 9.94. The van der Waals surface area contributed by atoms with Crippen molar-refractivity contribution in [1.82, 2.24) is 5.32 Å². The van der Waals surface area contributed by atoms with Crippen molar-refractivity contribution in [3.05, 3.63) is 65.7 Å². The molecule has 2 aromatic carbocycles. The predicted molar refractivity (Wildman–Crippen MR) is 108 cm³/mol. The molecule has 13 heteroatoms. The number of nitro benzene ring substituents is 3. The number of rotatable bonds is 5. The van der Waals surface area contributed by atoms with E-state index in [2.05, 4.69) is 24.4 Å². The van der Waals surface area contributed by atoms with E-state index in [0.717, 1.165) is 24.5 Å². The maximum atomic E-state index is 10.4. The summed E-state index contributed by atoms with van der Waals surface area (Å²) in [6, 6.07) is 5.45. The number of nitro groups is 3. The van der Waals surface area contributed by atoms with E-state index in [4.69, 9.17) is 14.6 Å². The van der Waals surface area contributed by atoms with Gasteiger partial charge < -0.3 is 19.9 Å². The summed E-state index contributed by atoms with van der Waals surface area (Å²) in [4.78, 5) is 27.8. The molecule has 0 saturated heterocycles. The summed E-state index contributed by atoms with van der Waals surface area (Å²) in [5, 5.41) is 43.6. The largest absolute Gasteiger partial charge is 0.497 e. The van der Waals surface area contributed by atoms with E-state index in [1.165, 1.54) is 11.1 Å². The highest BCUT2D eigenvalue weighted by Gasteiger charge is 2.30. The number of aromatic hydroxyl groups is 1. The fraction of sp³-hybridized carbons (Fsp3) is 0.333. The molecule has 0 spiro atoms. The highest BCUT2D eigenvalue weighted by atomic mass is 16.6. The first-order chi connectivity index (χ1) is 14.6. The normalized spacial score (nSPS) is 14.5. The Balaban J connectivity index is 0.000000220. The molecule has 0 bridgehead atoms. The number of benzene rings is 2. The summed E-state index contributed by atoms with van der Waals surface area (Å²) in [6.07, 6.45) is 1.06. The van der Waals surface area contributed by atoms with Gasteiger partial charge in [0.2, 0.25) is 0 Å². The summed E-state index contributed by atoms with van der Waals surface area (Å²) in [6.45, 7) is 3.20. The fourth-order valence-corrected chi connectivity index (χ4v) is 3.06. The molecular weight excluding hydrogens is 416 g/mol. The van der Waals surface area contributed by atoms with Gasteiger partial charge in [0.25, 0.3) is 11.4 Å². The number of hydrogen-bond acceptors (Lipinski definition) is 10. The van der Waals surface area contributed by atoms with Crippen LogP contribution >= 0.6 is 0 Å². The van der Waals surface area contributed by atoms with Gasteiger partial charge in [0.05, 0.1) is 41.1 Å². The first kappa shape index (κ1) is 23.3. The number of nitrogens with zero attached hydrogens (tertiary/aromatic N) is 3. The zero-order chi connectivity index (χ0) is 23.3. The molecule has 2 N–H and O–H groups in total. The minimum absolute atomic E-state index is 0.397. The second-order valence-corrected chi connectivity index (χ2v) is 6.44. The molecular formula is C18H20N4O9. The Morgan fingerprint density at radius 2 is 1.45 bits per heavy atom. The van der Waals surface area contributed by atoms with Gasteiger partial charge in [-0.05, 0) is 43.1 Å². The molecule has 0 aliphatic carbocycles.